The fourth-order valence-corrected chi connectivity index (χ4v) is 6.42. The van der Waals surface area contributed by atoms with Crippen LogP contribution in [0.2, 0.25) is 0 Å². The van der Waals surface area contributed by atoms with Crippen molar-refractivity contribution in [3.63, 3.8) is 0 Å². The Morgan fingerprint density at radius 1 is 1.34 bits per heavy atom. The van der Waals surface area contributed by atoms with Crippen LogP contribution >= 0.6 is 27.7 Å². The minimum absolute atomic E-state index is 0.141. The van der Waals surface area contributed by atoms with Gasteiger partial charge >= 0.3 is 6.09 Å². The molecule has 1 saturated heterocycles. The van der Waals surface area contributed by atoms with Crippen LogP contribution in [0, 0.1) is 11.3 Å². The van der Waals surface area contributed by atoms with E-state index in [0.717, 1.165) is 22.0 Å². The van der Waals surface area contributed by atoms with Crippen molar-refractivity contribution in [2.45, 2.75) is 75.5 Å². The monoisotopic (exact) mass is 603 g/mol. The lowest BCUT2D eigenvalue weighted by atomic mass is 9.89. The smallest absolute Gasteiger partial charge is 0.410 e. The van der Waals surface area contributed by atoms with E-state index in [1.54, 1.807) is 4.90 Å². The number of aromatic nitrogens is 2. The van der Waals surface area contributed by atoms with Gasteiger partial charge in [0.25, 0.3) is 0 Å². The topological polar surface area (TPSA) is 123 Å². The molecule has 2 N–H and O–H groups in total. The Morgan fingerprint density at radius 2 is 2.11 bits per heavy atom. The molecule has 1 aliphatic heterocycles. The molecule has 9 nitrogen and oxygen atoms in total. The second-order valence-electron chi connectivity index (χ2n) is 10.7. The van der Waals surface area contributed by atoms with Crippen LogP contribution in [-0.4, -0.2) is 68.7 Å². The minimum atomic E-state index is -1.13. The zero-order valence-electron chi connectivity index (χ0n) is 22.2. The first-order valence-electron chi connectivity index (χ1n) is 12.7. The summed E-state index contributed by atoms with van der Waals surface area (Å²) in [6.45, 7) is 6.32. The number of piperazine rings is 1. The maximum absolute atomic E-state index is 12.9. The van der Waals surface area contributed by atoms with Crippen molar-refractivity contribution in [2.75, 3.05) is 30.8 Å². The van der Waals surface area contributed by atoms with Gasteiger partial charge in [-0.2, -0.15) is 5.26 Å². The van der Waals surface area contributed by atoms with Gasteiger partial charge in [0.15, 0.2) is 5.16 Å². The van der Waals surface area contributed by atoms with Gasteiger partial charge in [-0.25, -0.2) is 14.8 Å². The SMILES string of the molecule is CSc1nc(CC2(O)CCc3cccc(Br)c32)c(CO)c(N2CCN(C(=O)OC(C)(C)C)[C@@H](CC#N)C2)n1. The summed E-state index contributed by atoms with van der Waals surface area (Å²) in [5.41, 5.74) is 1.36. The number of hydrogen-bond acceptors (Lipinski definition) is 9. The summed E-state index contributed by atoms with van der Waals surface area (Å²) in [5, 5.41) is 32.3. The normalized spacial score (nSPS) is 21.3. The number of carbonyl (C=O) groups excluding carboxylic acids is 1. The number of fused-ring (bicyclic) bond motifs is 1. The number of benzene rings is 1. The summed E-state index contributed by atoms with van der Waals surface area (Å²) in [7, 11) is 0. The average molecular weight is 605 g/mol. The van der Waals surface area contributed by atoms with Crippen LogP contribution in [0.15, 0.2) is 27.8 Å². The highest BCUT2D eigenvalue weighted by Crippen LogP contribution is 2.44. The number of carbonyl (C=O) groups is 1. The second kappa shape index (κ2) is 11.4. The summed E-state index contributed by atoms with van der Waals surface area (Å²) in [4.78, 5) is 25.9. The van der Waals surface area contributed by atoms with Crippen molar-refractivity contribution >= 4 is 39.6 Å². The number of aliphatic hydroxyl groups excluding tert-OH is 1. The Morgan fingerprint density at radius 3 is 2.76 bits per heavy atom. The molecule has 2 aromatic rings. The molecule has 0 radical (unpaired) electrons. The molecule has 1 aromatic carbocycles. The number of amides is 1. The minimum Gasteiger partial charge on any atom is -0.444 e. The Kier molecular flexibility index (Phi) is 8.57. The third-order valence-electron chi connectivity index (χ3n) is 6.96. The van der Waals surface area contributed by atoms with E-state index < -0.39 is 23.3 Å². The molecule has 2 aliphatic rings. The first kappa shape index (κ1) is 28.6. The Balaban J connectivity index is 1.67. The molecule has 1 aliphatic carbocycles. The number of anilines is 1. The van der Waals surface area contributed by atoms with E-state index >= 15 is 0 Å². The van der Waals surface area contributed by atoms with Gasteiger partial charge in [0, 0.05) is 41.7 Å². The molecule has 2 atom stereocenters. The number of aliphatic hydroxyl groups is 2. The van der Waals surface area contributed by atoms with Gasteiger partial charge in [-0.3, -0.25) is 0 Å². The van der Waals surface area contributed by atoms with Crippen molar-refractivity contribution < 1.29 is 19.7 Å². The number of halogens is 1. The van der Waals surface area contributed by atoms with Crippen LogP contribution in [0.1, 0.15) is 56.0 Å². The first-order chi connectivity index (χ1) is 18.0. The Labute approximate surface area is 236 Å². The molecule has 1 fully saturated rings. The van der Waals surface area contributed by atoms with Gasteiger partial charge in [0.05, 0.1) is 36.4 Å². The van der Waals surface area contributed by atoms with E-state index in [-0.39, 0.29) is 19.4 Å². The van der Waals surface area contributed by atoms with E-state index in [1.807, 2.05) is 50.1 Å². The van der Waals surface area contributed by atoms with Gasteiger partial charge in [0.2, 0.25) is 0 Å². The number of aryl methyl sites for hydroxylation is 1. The molecule has 1 aromatic heterocycles. The molecule has 2 heterocycles. The highest BCUT2D eigenvalue weighted by molar-refractivity contribution is 9.10. The highest BCUT2D eigenvalue weighted by Gasteiger charge is 2.40. The zero-order chi connectivity index (χ0) is 27.7. The third-order valence-corrected chi connectivity index (χ3v) is 8.17. The lowest BCUT2D eigenvalue weighted by molar-refractivity contribution is 0.0144. The number of nitrogens with zero attached hydrogens (tertiary/aromatic N) is 5. The molecular formula is C27H34BrN5O4S. The molecule has 11 heteroatoms. The molecular weight excluding hydrogens is 570 g/mol. The van der Waals surface area contributed by atoms with Gasteiger partial charge in [0.1, 0.15) is 11.4 Å². The summed E-state index contributed by atoms with van der Waals surface area (Å²) in [6, 6.07) is 7.72. The van der Waals surface area contributed by atoms with Crippen molar-refractivity contribution in [3.8, 4) is 6.07 Å². The largest absolute Gasteiger partial charge is 0.444 e. The zero-order valence-corrected chi connectivity index (χ0v) is 24.6. The predicted octanol–water partition coefficient (Wildman–Crippen LogP) is 4.17. The van der Waals surface area contributed by atoms with Gasteiger partial charge < -0.3 is 24.7 Å². The van der Waals surface area contributed by atoms with E-state index in [0.29, 0.717) is 48.3 Å². The van der Waals surface area contributed by atoms with Gasteiger partial charge in [-0.05, 0) is 51.5 Å². The van der Waals surface area contributed by atoms with E-state index in [9.17, 15) is 20.3 Å². The van der Waals surface area contributed by atoms with Crippen LogP contribution in [0.25, 0.3) is 0 Å². The number of hydrogen-bond donors (Lipinski definition) is 2. The molecule has 0 saturated carbocycles. The maximum atomic E-state index is 12.9. The number of rotatable bonds is 6. The van der Waals surface area contributed by atoms with Gasteiger partial charge in [-0.15, -0.1) is 0 Å². The molecule has 204 valence electrons. The van der Waals surface area contributed by atoms with Crippen molar-refractivity contribution in [3.05, 3.63) is 45.1 Å². The number of thioether (sulfide) groups is 1. The average Bonchev–Trinajstić information content (AvgIpc) is 3.19. The lowest BCUT2D eigenvalue weighted by Crippen LogP contribution is -2.56. The van der Waals surface area contributed by atoms with Crippen molar-refractivity contribution in [1.29, 1.82) is 5.26 Å². The maximum Gasteiger partial charge on any atom is 0.410 e. The summed E-state index contributed by atoms with van der Waals surface area (Å²) >= 11 is 5.00. The fourth-order valence-electron chi connectivity index (χ4n) is 5.26. The Hall–Kier alpha value is -2.39. The van der Waals surface area contributed by atoms with Crippen LogP contribution in [0.4, 0.5) is 10.6 Å². The number of ether oxygens (including phenoxy) is 1. The molecule has 0 bridgehead atoms. The van der Waals surface area contributed by atoms with E-state index in [1.165, 1.54) is 11.8 Å². The Bertz CT molecular complexity index is 1250. The molecule has 1 unspecified atom stereocenters. The van der Waals surface area contributed by atoms with Crippen LogP contribution in [0.5, 0.6) is 0 Å². The molecule has 0 spiro atoms. The van der Waals surface area contributed by atoms with Crippen LogP contribution < -0.4 is 4.90 Å². The quantitative estimate of drug-likeness (QED) is 0.370. The molecule has 4 rings (SSSR count). The molecule has 1 amide bonds. The van der Waals surface area contributed by atoms with E-state index in [4.69, 9.17) is 14.7 Å². The summed E-state index contributed by atoms with van der Waals surface area (Å²) in [6.07, 6.45) is 3.14. The van der Waals surface area contributed by atoms with Crippen molar-refractivity contribution in [2.24, 2.45) is 0 Å². The lowest BCUT2D eigenvalue weighted by Gasteiger charge is -2.42. The van der Waals surface area contributed by atoms with E-state index in [2.05, 4.69) is 22.0 Å². The second-order valence-corrected chi connectivity index (χ2v) is 12.4. The van der Waals surface area contributed by atoms with Gasteiger partial charge in [-0.1, -0.05) is 39.8 Å². The summed E-state index contributed by atoms with van der Waals surface area (Å²) < 4.78 is 6.44. The fraction of sp³-hybridized carbons (Fsp3) is 0.556. The standard InChI is InChI=1S/C27H34BrN5O4S/c1-26(2,3)37-25(35)33-13-12-32(15-18(33)9-11-29)23-19(16-34)21(30-24(31-23)38-4)14-27(36)10-8-17-6-5-7-20(28)22(17)27/h5-7,18,34,36H,8-10,12-16H2,1-4H3/t18-,27?/m0/s1. The van der Waals surface area contributed by atoms with Crippen LogP contribution in [0.3, 0.4) is 0 Å². The van der Waals surface area contributed by atoms with Crippen molar-refractivity contribution in [1.82, 2.24) is 14.9 Å². The molecule has 38 heavy (non-hydrogen) atoms. The van der Waals surface area contributed by atoms with Crippen LogP contribution in [-0.2, 0) is 29.8 Å². The number of nitriles is 1. The summed E-state index contributed by atoms with van der Waals surface area (Å²) in [5.74, 6) is 0.572. The first-order valence-corrected chi connectivity index (χ1v) is 14.7. The highest BCUT2D eigenvalue weighted by atomic mass is 79.9. The third kappa shape index (κ3) is 5.93. The predicted molar refractivity (Wildman–Crippen MR) is 149 cm³/mol.